The molecular weight excluding hydrogens is 346 g/mol. The van der Waals surface area contributed by atoms with Crippen LogP contribution in [0.1, 0.15) is 11.1 Å². The minimum atomic E-state index is -0.515. The van der Waals surface area contributed by atoms with Gasteiger partial charge >= 0.3 is 0 Å². The second-order valence-electron chi connectivity index (χ2n) is 4.27. The van der Waals surface area contributed by atoms with Crippen molar-refractivity contribution in [3.8, 4) is 0 Å². The van der Waals surface area contributed by atoms with E-state index in [1.807, 2.05) is 0 Å². The van der Waals surface area contributed by atoms with Crippen LogP contribution in [-0.4, -0.2) is 4.99 Å². The van der Waals surface area contributed by atoms with Crippen LogP contribution in [0.2, 0.25) is 0 Å². The number of halogens is 3. The number of thiocarbonyl (C=S) groups is 1. The Bertz CT molecular complexity index is 689. The largest absolute Gasteiger partial charge is 0.389 e. The lowest BCUT2D eigenvalue weighted by Gasteiger charge is -2.11. The Balaban J connectivity index is 2.33. The van der Waals surface area contributed by atoms with E-state index in [4.69, 9.17) is 18.0 Å². The molecule has 2 rings (SSSR count). The van der Waals surface area contributed by atoms with Gasteiger partial charge in [0.05, 0.1) is 5.69 Å². The fourth-order valence-corrected chi connectivity index (χ4v) is 2.59. The maximum Gasteiger partial charge on any atom is 0.147 e. The molecule has 0 aliphatic heterocycles. The molecule has 0 aromatic heterocycles. The number of nitrogens with two attached hydrogens (primary N) is 1. The maximum absolute atomic E-state index is 13.7. The van der Waals surface area contributed by atoms with E-state index in [-0.39, 0.29) is 16.2 Å². The molecule has 0 aliphatic carbocycles. The lowest BCUT2D eigenvalue weighted by atomic mass is 10.1. The summed E-state index contributed by atoms with van der Waals surface area (Å²) in [6.45, 7) is 1.51. The maximum atomic E-state index is 13.7. The van der Waals surface area contributed by atoms with E-state index in [1.165, 1.54) is 6.92 Å². The van der Waals surface area contributed by atoms with E-state index < -0.39 is 11.6 Å². The number of hydrogen-bond acceptors (Lipinski definition) is 2. The molecule has 0 bridgehead atoms. The van der Waals surface area contributed by atoms with Gasteiger partial charge in [-0.2, -0.15) is 0 Å². The zero-order valence-electron chi connectivity index (χ0n) is 10.5. The SMILES string of the molecule is Cc1cc(F)c(Nc2ccc(C(N)=S)c(Br)c2)cc1F. The van der Waals surface area contributed by atoms with E-state index in [1.54, 1.807) is 18.2 Å². The second kappa shape index (κ2) is 5.85. The number of benzene rings is 2. The van der Waals surface area contributed by atoms with Crippen LogP contribution in [0.5, 0.6) is 0 Å². The summed E-state index contributed by atoms with van der Waals surface area (Å²) in [6, 6.07) is 7.37. The van der Waals surface area contributed by atoms with Gasteiger partial charge in [0.2, 0.25) is 0 Å². The van der Waals surface area contributed by atoms with Crippen molar-refractivity contribution < 1.29 is 8.78 Å². The van der Waals surface area contributed by atoms with Crippen molar-refractivity contribution in [1.29, 1.82) is 0 Å². The van der Waals surface area contributed by atoms with Crippen molar-refractivity contribution in [3.63, 3.8) is 0 Å². The van der Waals surface area contributed by atoms with Crippen molar-refractivity contribution in [1.82, 2.24) is 0 Å². The Morgan fingerprint density at radius 2 is 1.90 bits per heavy atom. The van der Waals surface area contributed by atoms with Crippen molar-refractivity contribution >= 4 is 44.5 Å². The zero-order chi connectivity index (χ0) is 14.9. The van der Waals surface area contributed by atoms with Crippen LogP contribution in [0.25, 0.3) is 0 Å². The summed E-state index contributed by atoms with van der Waals surface area (Å²) in [4.78, 5) is 0.260. The summed E-state index contributed by atoms with van der Waals surface area (Å²) in [7, 11) is 0. The Kier molecular flexibility index (Phi) is 4.35. The molecule has 2 aromatic carbocycles. The molecule has 0 amide bonds. The second-order valence-corrected chi connectivity index (χ2v) is 5.56. The Morgan fingerprint density at radius 1 is 1.20 bits per heavy atom. The third-order valence-corrected chi connectivity index (χ3v) is 3.64. The van der Waals surface area contributed by atoms with E-state index in [0.717, 1.165) is 12.1 Å². The highest BCUT2D eigenvalue weighted by Gasteiger charge is 2.09. The van der Waals surface area contributed by atoms with E-state index in [2.05, 4.69) is 21.2 Å². The van der Waals surface area contributed by atoms with Gasteiger partial charge in [0.25, 0.3) is 0 Å². The van der Waals surface area contributed by atoms with Gasteiger partial charge in [-0.3, -0.25) is 0 Å². The fourth-order valence-electron chi connectivity index (χ4n) is 1.69. The molecule has 0 saturated heterocycles. The molecule has 2 aromatic rings. The molecule has 0 aliphatic rings. The Hall–Kier alpha value is -1.53. The number of aryl methyl sites for hydroxylation is 1. The molecule has 104 valence electrons. The number of rotatable bonds is 3. The van der Waals surface area contributed by atoms with Crippen molar-refractivity contribution in [2.24, 2.45) is 5.73 Å². The van der Waals surface area contributed by atoms with Crippen molar-refractivity contribution in [2.45, 2.75) is 6.92 Å². The predicted octanol–water partition coefficient (Wildman–Crippen LogP) is 4.41. The minimum Gasteiger partial charge on any atom is -0.389 e. The molecule has 0 unspecified atom stereocenters. The molecular formula is C14H11BrF2N2S. The average Bonchev–Trinajstić information content (AvgIpc) is 2.35. The fraction of sp³-hybridized carbons (Fsp3) is 0.0714. The molecule has 0 radical (unpaired) electrons. The van der Waals surface area contributed by atoms with E-state index >= 15 is 0 Å². The molecule has 0 heterocycles. The normalized spacial score (nSPS) is 10.4. The third-order valence-electron chi connectivity index (χ3n) is 2.76. The highest BCUT2D eigenvalue weighted by atomic mass is 79.9. The first kappa shape index (κ1) is 14.9. The standard InChI is InChI=1S/C14H11BrF2N2S/c1-7-4-12(17)13(6-11(7)16)19-8-2-3-9(14(18)20)10(15)5-8/h2-6,19H,1H3,(H2,18,20). The van der Waals surface area contributed by atoms with Crippen molar-refractivity contribution in [2.75, 3.05) is 5.32 Å². The molecule has 6 heteroatoms. The molecule has 0 atom stereocenters. The van der Waals surface area contributed by atoms with Gasteiger partial charge in [0.15, 0.2) is 0 Å². The van der Waals surface area contributed by atoms with Gasteiger partial charge in [0.1, 0.15) is 16.6 Å². The summed E-state index contributed by atoms with van der Waals surface area (Å²) in [5, 5.41) is 2.82. The topological polar surface area (TPSA) is 38.0 Å². The number of anilines is 2. The Labute approximate surface area is 129 Å². The van der Waals surface area contributed by atoms with Gasteiger partial charge in [-0.25, -0.2) is 8.78 Å². The van der Waals surface area contributed by atoms with Crippen LogP contribution in [0, 0.1) is 18.6 Å². The Morgan fingerprint density at radius 3 is 2.50 bits per heavy atom. The summed E-state index contributed by atoms with van der Waals surface area (Å²) in [5.74, 6) is -0.980. The highest BCUT2D eigenvalue weighted by molar-refractivity contribution is 9.10. The number of nitrogens with one attached hydrogen (secondary N) is 1. The van der Waals surface area contributed by atoms with Crippen LogP contribution < -0.4 is 11.1 Å². The van der Waals surface area contributed by atoms with Crippen LogP contribution >= 0.6 is 28.1 Å². The van der Waals surface area contributed by atoms with Crippen LogP contribution in [0.15, 0.2) is 34.8 Å². The zero-order valence-corrected chi connectivity index (χ0v) is 12.9. The smallest absolute Gasteiger partial charge is 0.147 e. The predicted molar refractivity (Wildman–Crippen MR) is 84.4 cm³/mol. The lowest BCUT2D eigenvalue weighted by molar-refractivity contribution is 0.595. The quantitative estimate of drug-likeness (QED) is 0.799. The van der Waals surface area contributed by atoms with Crippen LogP contribution in [-0.2, 0) is 0 Å². The molecule has 0 fully saturated rings. The molecule has 3 N–H and O–H groups in total. The molecule has 2 nitrogen and oxygen atoms in total. The van der Waals surface area contributed by atoms with Crippen molar-refractivity contribution in [3.05, 3.63) is 57.6 Å². The van der Waals surface area contributed by atoms with Gasteiger partial charge in [-0.1, -0.05) is 12.2 Å². The first-order valence-electron chi connectivity index (χ1n) is 5.70. The van der Waals surface area contributed by atoms with Gasteiger partial charge < -0.3 is 11.1 Å². The van der Waals surface area contributed by atoms with E-state index in [0.29, 0.717) is 15.7 Å². The summed E-state index contributed by atoms with van der Waals surface area (Å²) in [6.07, 6.45) is 0. The minimum absolute atomic E-state index is 0.0723. The summed E-state index contributed by atoms with van der Waals surface area (Å²) in [5.41, 5.74) is 7.16. The first-order valence-corrected chi connectivity index (χ1v) is 6.90. The monoisotopic (exact) mass is 356 g/mol. The van der Waals surface area contributed by atoms with E-state index in [9.17, 15) is 8.78 Å². The third kappa shape index (κ3) is 3.13. The van der Waals surface area contributed by atoms with Crippen LogP contribution in [0.3, 0.4) is 0 Å². The molecule has 0 spiro atoms. The van der Waals surface area contributed by atoms with Gasteiger partial charge in [0, 0.05) is 21.8 Å². The summed E-state index contributed by atoms with van der Waals surface area (Å²) < 4.78 is 27.9. The molecule has 20 heavy (non-hydrogen) atoms. The summed E-state index contributed by atoms with van der Waals surface area (Å²) >= 11 is 8.22. The van der Waals surface area contributed by atoms with Gasteiger partial charge in [-0.05, 0) is 52.7 Å². The van der Waals surface area contributed by atoms with Crippen LogP contribution in [0.4, 0.5) is 20.2 Å². The lowest BCUT2D eigenvalue weighted by Crippen LogP contribution is -2.10. The first-order chi connectivity index (χ1) is 9.38. The van der Waals surface area contributed by atoms with Gasteiger partial charge in [-0.15, -0.1) is 0 Å². The number of hydrogen-bond donors (Lipinski definition) is 2. The highest BCUT2D eigenvalue weighted by Crippen LogP contribution is 2.26. The molecule has 0 saturated carbocycles. The average molecular weight is 357 g/mol.